The first-order valence-corrected chi connectivity index (χ1v) is 6.34. The van der Waals surface area contributed by atoms with Gasteiger partial charge in [-0.05, 0) is 37.6 Å². The summed E-state index contributed by atoms with van der Waals surface area (Å²) >= 11 is 0. The van der Waals surface area contributed by atoms with Crippen LogP contribution >= 0.6 is 0 Å². The molecule has 2 atom stereocenters. The molecule has 0 spiro atoms. The minimum Gasteiger partial charge on any atom is -0.317 e. The maximum atomic E-state index is 3.52. The fraction of sp³-hybridized carbons (Fsp3) is 1.00. The van der Waals surface area contributed by atoms with Crippen molar-refractivity contribution in [3.8, 4) is 0 Å². The summed E-state index contributed by atoms with van der Waals surface area (Å²) in [5.41, 5.74) is 0. The largest absolute Gasteiger partial charge is 0.317 e. The van der Waals surface area contributed by atoms with E-state index in [-0.39, 0.29) is 0 Å². The van der Waals surface area contributed by atoms with Crippen molar-refractivity contribution in [1.29, 1.82) is 0 Å². The zero-order valence-corrected chi connectivity index (χ0v) is 10.3. The summed E-state index contributed by atoms with van der Waals surface area (Å²) in [6.45, 7) is 7.00. The molecule has 14 heavy (non-hydrogen) atoms. The van der Waals surface area contributed by atoms with Crippen LogP contribution in [-0.2, 0) is 0 Å². The maximum absolute atomic E-state index is 3.52. The average molecular weight is 197 g/mol. The molecular formula is C13H27N. The summed E-state index contributed by atoms with van der Waals surface area (Å²) < 4.78 is 0. The predicted molar refractivity (Wildman–Crippen MR) is 63.4 cm³/mol. The molecule has 0 heterocycles. The molecule has 1 aliphatic rings. The first-order valence-electron chi connectivity index (χ1n) is 6.34. The molecule has 0 aromatic rings. The van der Waals surface area contributed by atoms with Gasteiger partial charge in [-0.25, -0.2) is 0 Å². The van der Waals surface area contributed by atoms with Crippen molar-refractivity contribution in [1.82, 2.24) is 5.32 Å². The Morgan fingerprint density at radius 3 is 2.29 bits per heavy atom. The molecule has 0 aromatic heterocycles. The van der Waals surface area contributed by atoms with Gasteiger partial charge < -0.3 is 5.32 Å². The quantitative estimate of drug-likeness (QED) is 0.659. The van der Waals surface area contributed by atoms with Crippen molar-refractivity contribution < 1.29 is 0 Å². The van der Waals surface area contributed by atoms with E-state index in [0.29, 0.717) is 0 Å². The lowest BCUT2D eigenvalue weighted by Crippen LogP contribution is -2.34. The molecule has 1 rings (SSSR count). The summed E-state index contributed by atoms with van der Waals surface area (Å²) in [6, 6.07) is 0.751. The smallest absolute Gasteiger partial charge is 0.00947 e. The minimum atomic E-state index is 0.751. The van der Waals surface area contributed by atoms with Crippen molar-refractivity contribution >= 4 is 0 Å². The van der Waals surface area contributed by atoms with Crippen LogP contribution < -0.4 is 5.32 Å². The molecule has 1 heteroatoms. The van der Waals surface area contributed by atoms with E-state index in [1.807, 2.05) is 0 Å². The monoisotopic (exact) mass is 197 g/mol. The zero-order chi connectivity index (χ0) is 10.6. The molecule has 1 unspecified atom stereocenters. The Bertz CT molecular complexity index is 139. The van der Waals surface area contributed by atoms with E-state index < -0.39 is 0 Å². The second-order valence-electron chi connectivity index (χ2n) is 5.37. The molecule has 0 bridgehead atoms. The molecule has 1 N–H and O–H groups in total. The third kappa shape index (κ3) is 4.00. The normalized spacial score (nSPS) is 21.2. The molecule has 1 aliphatic carbocycles. The van der Waals surface area contributed by atoms with Gasteiger partial charge in [-0.1, -0.05) is 40.0 Å². The van der Waals surface area contributed by atoms with E-state index in [2.05, 4.69) is 33.1 Å². The van der Waals surface area contributed by atoms with E-state index in [4.69, 9.17) is 0 Å². The lowest BCUT2D eigenvalue weighted by atomic mass is 9.86. The van der Waals surface area contributed by atoms with Crippen LogP contribution in [0.2, 0.25) is 0 Å². The van der Waals surface area contributed by atoms with E-state index in [1.165, 1.54) is 32.1 Å². The summed E-state index contributed by atoms with van der Waals surface area (Å²) in [5, 5.41) is 3.52. The molecule has 84 valence electrons. The summed E-state index contributed by atoms with van der Waals surface area (Å²) in [6.07, 6.45) is 7.13. The van der Waals surface area contributed by atoms with Gasteiger partial charge in [-0.3, -0.25) is 0 Å². The highest BCUT2D eigenvalue weighted by atomic mass is 14.9. The third-order valence-electron chi connectivity index (χ3n) is 3.52. The van der Waals surface area contributed by atoms with Gasteiger partial charge in [0.25, 0.3) is 0 Å². The summed E-state index contributed by atoms with van der Waals surface area (Å²) in [7, 11) is 2.13. The average Bonchev–Trinajstić information content (AvgIpc) is 2.94. The molecular weight excluding hydrogens is 170 g/mol. The Hall–Kier alpha value is -0.0400. The predicted octanol–water partition coefficient (Wildman–Crippen LogP) is 3.45. The van der Waals surface area contributed by atoms with Gasteiger partial charge >= 0.3 is 0 Å². The van der Waals surface area contributed by atoms with Crippen LogP contribution in [0.5, 0.6) is 0 Å². The highest BCUT2D eigenvalue weighted by molar-refractivity contribution is 4.82. The minimum absolute atomic E-state index is 0.751. The number of nitrogens with one attached hydrogen (secondary N) is 1. The molecule has 0 aromatic carbocycles. The van der Waals surface area contributed by atoms with E-state index in [1.54, 1.807) is 0 Å². The maximum Gasteiger partial charge on any atom is 0.00947 e. The highest BCUT2D eigenvalue weighted by Crippen LogP contribution is 2.37. The van der Waals surface area contributed by atoms with Crippen molar-refractivity contribution in [2.24, 2.45) is 17.8 Å². The Labute approximate surface area is 89.7 Å². The fourth-order valence-corrected chi connectivity index (χ4v) is 2.45. The van der Waals surface area contributed by atoms with Gasteiger partial charge in [0, 0.05) is 6.04 Å². The van der Waals surface area contributed by atoms with Crippen LogP contribution in [0.25, 0.3) is 0 Å². The number of hydrogen-bond acceptors (Lipinski definition) is 1. The highest BCUT2D eigenvalue weighted by Gasteiger charge is 2.28. The standard InChI is InChI=1S/C13H27N/c1-5-12(9-11-6-7-11)13(14-4)8-10(2)3/h10-14H,5-9H2,1-4H3/t12?,13-/m1/s1. The van der Waals surface area contributed by atoms with Crippen LogP contribution in [-0.4, -0.2) is 13.1 Å². The van der Waals surface area contributed by atoms with E-state index in [9.17, 15) is 0 Å². The van der Waals surface area contributed by atoms with Crippen LogP contribution in [0.3, 0.4) is 0 Å². The molecule has 1 fully saturated rings. The summed E-state index contributed by atoms with van der Waals surface area (Å²) in [4.78, 5) is 0. The molecule has 1 nitrogen and oxygen atoms in total. The Balaban J connectivity index is 2.36. The third-order valence-corrected chi connectivity index (χ3v) is 3.52. The van der Waals surface area contributed by atoms with Crippen LogP contribution in [0.1, 0.15) is 52.9 Å². The lowest BCUT2D eigenvalue weighted by Gasteiger charge is -2.27. The van der Waals surface area contributed by atoms with E-state index >= 15 is 0 Å². The molecule has 1 saturated carbocycles. The second kappa shape index (κ2) is 5.75. The topological polar surface area (TPSA) is 12.0 Å². The molecule has 0 saturated heterocycles. The Kier molecular flexibility index (Phi) is 4.94. The van der Waals surface area contributed by atoms with Gasteiger partial charge in [0.15, 0.2) is 0 Å². The van der Waals surface area contributed by atoms with Crippen molar-refractivity contribution in [2.75, 3.05) is 7.05 Å². The van der Waals surface area contributed by atoms with Crippen molar-refractivity contribution in [2.45, 2.75) is 58.9 Å². The Morgan fingerprint density at radius 2 is 1.93 bits per heavy atom. The van der Waals surface area contributed by atoms with Crippen molar-refractivity contribution in [3.05, 3.63) is 0 Å². The lowest BCUT2D eigenvalue weighted by molar-refractivity contribution is 0.287. The second-order valence-corrected chi connectivity index (χ2v) is 5.37. The zero-order valence-electron chi connectivity index (χ0n) is 10.3. The van der Waals surface area contributed by atoms with Crippen LogP contribution in [0, 0.1) is 17.8 Å². The molecule has 0 aliphatic heterocycles. The Morgan fingerprint density at radius 1 is 1.29 bits per heavy atom. The number of rotatable bonds is 7. The van der Waals surface area contributed by atoms with E-state index in [0.717, 1.165) is 23.8 Å². The first-order chi connectivity index (χ1) is 6.67. The van der Waals surface area contributed by atoms with Gasteiger partial charge in [0.1, 0.15) is 0 Å². The molecule has 0 radical (unpaired) electrons. The van der Waals surface area contributed by atoms with Gasteiger partial charge in [-0.15, -0.1) is 0 Å². The van der Waals surface area contributed by atoms with Gasteiger partial charge in [0.05, 0.1) is 0 Å². The van der Waals surface area contributed by atoms with Gasteiger partial charge in [0.2, 0.25) is 0 Å². The summed E-state index contributed by atoms with van der Waals surface area (Å²) in [5.74, 6) is 2.80. The SMILES string of the molecule is CCC(CC1CC1)[C@@H](CC(C)C)NC. The van der Waals surface area contributed by atoms with Gasteiger partial charge in [-0.2, -0.15) is 0 Å². The first kappa shape index (κ1) is 12.0. The van der Waals surface area contributed by atoms with Crippen LogP contribution in [0.15, 0.2) is 0 Å². The van der Waals surface area contributed by atoms with Crippen LogP contribution in [0.4, 0.5) is 0 Å². The van der Waals surface area contributed by atoms with Crippen molar-refractivity contribution in [3.63, 3.8) is 0 Å². The fourth-order valence-electron chi connectivity index (χ4n) is 2.45. The molecule has 0 amide bonds. The number of hydrogen-bond donors (Lipinski definition) is 1.